The molecule has 0 aliphatic carbocycles. The van der Waals surface area contributed by atoms with Crippen LogP contribution in [0.3, 0.4) is 0 Å². The number of carboxylic acid groups (broad SMARTS) is 1. The number of halogens is 2. The summed E-state index contributed by atoms with van der Waals surface area (Å²) in [7, 11) is 1.18. The van der Waals surface area contributed by atoms with Gasteiger partial charge in [0, 0.05) is 36.9 Å². The minimum absolute atomic E-state index is 0.106. The van der Waals surface area contributed by atoms with Crippen molar-refractivity contribution in [2.24, 2.45) is 0 Å². The molecule has 10 nitrogen and oxygen atoms in total. The van der Waals surface area contributed by atoms with Gasteiger partial charge in [0.2, 0.25) is 0 Å². The van der Waals surface area contributed by atoms with Gasteiger partial charge in [0.1, 0.15) is 17.6 Å². The highest BCUT2D eigenvalue weighted by atomic mass is 19.1. The number of Topliss-reactive ketones (excluding diaryl/α,β-unsaturated/α-hetero) is 1. The van der Waals surface area contributed by atoms with Crippen LogP contribution in [0.5, 0.6) is 11.5 Å². The number of methoxy groups -OCH3 is 1. The first-order chi connectivity index (χ1) is 20.5. The molecule has 0 saturated heterocycles. The van der Waals surface area contributed by atoms with E-state index in [2.05, 4.69) is 20.0 Å². The Balaban J connectivity index is 1.47. The van der Waals surface area contributed by atoms with E-state index in [1.165, 1.54) is 55.9 Å². The van der Waals surface area contributed by atoms with Crippen molar-refractivity contribution in [1.82, 2.24) is 15.3 Å². The van der Waals surface area contributed by atoms with Crippen LogP contribution in [-0.2, 0) is 20.7 Å². The number of hydrogen-bond donors (Lipinski definition) is 3. The molecule has 0 aliphatic heterocycles. The standard InChI is InChI=1S/C31H27F2N3O7/c1-17-3-5-22(32)19(11-17)13-27(37)18-4-6-23(33)28(14-18)43-21-9-10-34-26(15-21)25-12-20(16-35-25)30(39)36-24(31(40)41)7-8-29(38)42-2/h3-6,9-12,14-16,24,35H,7-8,13H2,1-2H3,(H,36,39)(H,40,41)/t24-/m0/s1. The summed E-state index contributed by atoms with van der Waals surface area (Å²) in [4.78, 5) is 55.5. The molecule has 0 fully saturated rings. The van der Waals surface area contributed by atoms with E-state index in [0.29, 0.717) is 11.4 Å². The lowest BCUT2D eigenvalue weighted by molar-refractivity contribution is -0.142. The quantitative estimate of drug-likeness (QED) is 0.154. The number of hydrogen-bond acceptors (Lipinski definition) is 7. The van der Waals surface area contributed by atoms with Crippen molar-refractivity contribution in [3.8, 4) is 22.9 Å². The summed E-state index contributed by atoms with van der Waals surface area (Å²) in [6.45, 7) is 1.79. The van der Waals surface area contributed by atoms with Crippen molar-refractivity contribution in [2.75, 3.05) is 7.11 Å². The monoisotopic (exact) mass is 591 g/mol. The molecule has 0 saturated carbocycles. The lowest BCUT2D eigenvalue weighted by Gasteiger charge is -2.13. The minimum Gasteiger partial charge on any atom is -0.480 e. The molecule has 3 N–H and O–H groups in total. The van der Waals surface area contributed by atoms with Gasteiger partial charge in [-0.05, 0) is 55.3 Å². The third-order valence-corrected chi connectivity index (χ3v) is 6.45. The third kappa shape index (κ3) is 7.88. The second-order valence-electron chi connectivity index (χ2n) is 9.60. The van der Waals surface area contributed by atoms with Gasteiger partial charge in [0.15, 0.2) is 17.3 Å². The zero-order valence-corrected chi connectivity index (χ0v) is 23.1. The maximum absolute atomic E-state index is 14.6. The highest BCUT2D eigenvalue weighted by Gasteiger charge is 2.23. The van der Waals surface area contributed by atoms with Crippen LogP contribution in [0, 0.1) is 18.6 Å². The number of rotatable bonds is 12. The van der Waals surface area contributed by atoms with E-state index in [-0.39, 0.29) is 47.5 Å². The fourth-order valence-corrected chi connectivity index (χ4v) is 4.15. The third-order valence-electron chi connectivity index (χ3n) is 6.45. The molecule has 0 radical (unpaired) electrons. The van der Waals surface area contributed by atoms with Crippen LogP contribution in [-0.4, -0.2) is 51.9 Å². The van der Waals surface area contributed by atoms with Crippen LogP contribution in [0.2, 0.25) is 0 Å². The van der Waals surface area contributed by atoms with Gasteiger partial charge >= 0.3 is 11.9 Å². The van der Waals surface area contributed by atoms with Gasteiger partial charge in [-0.25, -0.2) is 13.6 Å². The summed E-state index contributed by atoms with van der Waals surface area (Å²) < 4.78 is 39.0. The molecular formula is C31H27F2N3O7. The zero-order valence-electron chi connectivity index (χ0n) is 23.1. The maximum Gasteiger partial charge on any atom is 0.326 e. The van der Waals surface area contributed by atoms with Crippen molar-refractivity contribution in [3.63, 3.8) is 0 Å². The number of ketones is 1. The number of aromatic amines is 1. The second-order valence-corrected chi connectivity index (χ2v) is 9.60. The number of pyridine rings is 1. The van der Waals surface area contributed by atoms with E-state index in [1.54, 1.807) is 19.1 Å². The molecule has 0 bridgehead atoms. The van der Waals surface area contributed by atoms with Crippen molar-refractivity contribution < 1.29 is 42.5 Å². The fraction of sp³-hybridized carbons (Fsp3) is 0.194. The molecular weight excluding hydrogens is 564 g/mol. The highest BCUT2D eigenvalue weighted by Crippen LogP contribution is 2.29. The zero-order chi connectivity index (χ0) is 31.1. The first-order valence-electron chi connectivity index (χ1n) is 13.0. The van der Waals surface area contributed by atoms with Gasteiger partial charge in [-0.3, -0.25) is 19.4 Å². The number of aromatic nitrogens is 2. The smallest absolute Gasteiger partial charge is 0.326 e. The molecule has 0 spiro atoms. The number of H-pyrrole nitrogens is 1. The average molecular weight is 592 g/mol. The number of nitrogens with one attached hydrogen (secondary N) is 2. The normalized spacial score (nSPS) is 11.4. The molecule has 43 heavy (non-hydrogen) atoms. The van der Waals surface area contributed by atoms with E-state index in [9.17, 15) is 33.1 Å². The molecule has 1 atom stereocenters. The fourth-order valence-electron chi connectivity index (χ4n) is 4.15. The summed E-state index contributed by atoms with van der Waals surface area (Å²) in [5.41, 5.74) is 1.97. The van der Waals surface area contributed by atoms with E-state index in [4.69, 9.17) is 4.74 Å². The van der Waals surface area contributed by atoms with Gasteiger partial charge < -0.3 is 24.9 Å². The van der Waals surface area contributed by atoms with Gasteiger partial charge in [0.25, 0.3) is 5.91 Å². The molecule has 222 valence electrons. The van der Waals surface area contributed by atoms with Gasteiger partial charge in [0.05, 0.1) is 24.1 Å². The number of benzene rings is 2. The van der Waals surface area contributed by atoms with Crippen LogP contribution < -0.4 is 10.1 Å². The minimum atomic E-state index is -1.31. The Kier molecular flexibility index (Phi) is 9.61. The molecule has 12 heteroatoms. The SMILES string of the molecule is COC(=O)CC[C@H](NC(=O)c1c[nH]c(-c2cc(Oc3cc(C(=O)Cc4cc(C)ccc4F)ccc3F)ccn2)c1)C(=O)O. The molecule has 0 aliphatic rings. The Morgan fingerprint density at radius 2 is 1.77 bits per heavy atom. The van der Waals surface area contributed by atoms with Crippen LogP contribution in [0.25, 0.3) is 11.4 Å². The average Bonchev–Trinajstić information content (AvgIpc) is 3.49. The van der Waals surface area contributed by atoms with E-state index >= 15 is 0 Å². The van der Waals surface area contributed by atoms with Crippen LogP contribution in [0.1, 0.15) is 44.7 Å². The highest BCUT2D eigenvalue weighted by molar-refractivity contribution is 5.98. The summed E-state index contributed by atoms with van der Waals surface area (Å²) in [6.07, 6.45) is 2.19. The maximum atomic E-state index is 14.6. The van der Waals surface area contributed by atoms with Gasteiger partial charge in [-0.1, -0.05) is 17.7 Å². The lowest BCUT2D eigenvalue weighted by Crippen LogP contribution is -2.41. The molecule has 0 unspecified atom stereocenters. The predicted molar refractivity (Wildman–Crippen MR) is 150 cm³/mol. The number of amides is 1. The Bertz CT molecular complexity index is 1690. The number of esters is 1. The molecule has 4 rings (SSSR count). The summed E-state index contributed by atoms with van der Waals surface area (Å²) >= 11 is 0. The number of carbonyl (C=O) groups is 4. The largest absolute Gasteiger partial charge is 0.480 e. The molecule has 1 amide bonds. The molecule has 4 aromatic rings. The number of aryl methyl sites for hydroxylation is 1. The van der Waals surface area contributed by atoms with E-state index in [0.717, 1.165) is 11.6 Å². The number of ether oxygens (including phenoxy) is 2. The van der Waals surface area contributed by atoms with Crippen LogP contribution >= 0.6 is 0 Å². The van der Waals surface area contributed by atoms with E-state index < -0.39 is 41.3 Å². The molecule has 2 aromatic carbocycles. The van der Waals surface area contributed by atoms with Crippen LogP contribution in [0.4, 0.5) is 8.78 Å². The summed E-state index contributed by atoms with van der Waals surface area (Å²) in [5.74, 6) is -4.31. The Morgan fingerprint density at radius 3 is 2.51 bits per heavy atom. The topological polar surface area (TPSA) is 148 Å². The van der Waals surface area contributed by atoms with Gasteiger partial charge in [-0.2, -0.15) is 0 Å². The number of carboxylic acids is 1. The van der Waals surface area contributed by atoms with Crippen molar-refractivity contribution >= 4 is 23.6 Å². The Labute approximate surface area is 244 Å². The second kappa shape index (κ2) is 13.5. The van der Waals surface area contributed by atoms with Crippen LogP contribution in [0.15, 0.2) is 67.0 Å². The Hall–Kier alpha value is -5.39. The predicted octanol–water partition coefficient (Wildman–Crippen LogP) is 5.02. The lowest BCUT2D eigenvalue weighted by atomic mass is 10.0. The Morgan fingerprint density at radius 1 is 1.00 bits per heavy atom. The summed E-state index contributed by atoms with van der Waals surface area (Å²) in [5, 5.41) is 11.7. The van der Waals surface area contributed by atoms with Crippen molar-refractivity contribution in [1.29, 1.82) is 0 Å². The number of carbonyl (C=O) groups excluding carboxylic acids is 3. The van der Waals surface area contributed by atoms with Crippen molar-refractivity contribution in [3.05, 3.63) is 101 Å². The molecule has 2 heterocycles. The number of nitrogens with zero attached hydrogens (tertiary/aromatic N) is 1. The van der Waals surface area contributed by atoms with Gasteiger partial charge in [-0.15, -0.1) is 0 Å². The van der Waals surface area contributed by atoms with Crippen molar-refractivity contribution in [2.45, 2.75) is 32.2 Å². The van der Waals surface area contributed by atoms with E-state index in [1.807, 2.05) is 0 Å². The summed E-state index contributed by atoms with van der Waals surface area (Å²) in [6, 6.07) is 11.2. The first-order valence-corrected chi connectivity index (χ1v) is 13.0. The molecule has 2 aromatic heterocycles. The first kappa shape index (κ1) is 30.6. The number of aliphatic carboxylic acids is 1.